The van der Waals surface area contributed by atoms with Gasteiger partial charge in [-0.2, -0.15) is 0 Å². The SMILES string of the molecule is CCC(C)C1CN(C(C)c2nc(C)cs2)C(C)CN1. The molecule has 0 amide bonds. The van der Waals surface area contributed by atoms with Crippen molar-refractivity contribution in [2.45, 2.75) is 59.2 Å². The highest BCUT2D eigenvalue weighted by Gasteiger charge is 2.31. The zero-order valence-corrected chi connectivity index (χ0v) is 13.6. The Kier molecular flexibility index (Phi) is 4.98. The third-order valence-electron chi connectivity index (χ3n) is 4.47. The third kappa shape index (κ3) is 3.36. The molecule has 19 heavy (non-hydrogen) atoms. The summed E-state index contributed by atoms with van der Waals surface area (Å²) in [5, 5.41) is 7.12. The summed E-state index contributed by atoms with van der Waals surface area (Å²) in [5.74, 6) is 0.736. The van der Waals surface area contributed by atoms with Crippen LogP contribution >= 0.6 is 11.3 Å². The number of piperazine rings is 1. The molecule has 2 heterocycles. The van der Waals surface area contributed by atoms with Crippen LogP contribution in [0.4, 0.5) is 0 Å². The highest BCUT2D eigenvalue weighted by Crippen LogP contribution is 2.28. The average molecular weight is 281 g/mol. The van der Waals surface area contributed by atoms with Gasteiger partial charge in [0.15, 0.2) is 0 Å². The molecule has 0 bridgehead atoms. The minimum Gasteiger partial charge on any atom is -0.311 e. The number of thiazole rings is 1. The quantitative estimate of drug-likeness (QED) is 0.918. The van der Waals surface area contributed by atoms with E-state index in [1.54, 1.807) is 11.3 Å². The predicted molar refractivity (Wildman–Crippen MR) is 82.7 cm³/mol. The van der Waals surface area contributed by atoms with Gasteiger partial charge in [-0.05, 0) is 26.7 Å². The number of hydrogen-bond acceptors (Lipinski definition) is 4. The van der Waals surface area contributed by atoms with E-state index in [-0.39, 0.29) is 0 Å². The van der Waals surface area contributed by atoms with Crippen LogP contribution in [0.2, 0.25) is 0 Å². The summed E-state index contributed by atoms with van der Waals surface area (Å²) in [6.07, 6.45) is 1.24. The van der Waals surface area contributed by atoms with Gasteiger partial charge in [0.1, 0.15) is 5.01 Å². The van der Waals surface area contributed by atoms with E-state index in [0.717, 1.165) is 24.7 Å². The first-order chi connectivity index (χ1) is 9.02. The van der Waals surface area contributed by atoms with E-state index < -0.39 is 0 Å². The molecule has 0 aromatic carbocycles. The van der Waals surface area contributed by atoms with Gasteiger partial charge in [0.25, 0.3) is 0 Å². The predicted octanol–water partition coefficient (Wildman–Crippen LogP) is 3.22. The van der Waals surface area contributed by atoms with Crippen molar-refractivity contribution in [3.63, 3.8) is 0 Å². The fourth-order valence-corrected chi connectivity index (χ4v) is 3.70. The lowest BCUT2D eigenvalue weighted by Gasteiger charge is -2.43. The minimum atomic E-state index is 0.433. The van der Waals surface area contributed by atoms with Gasteiger partial charge in [-0.3, -0.25) is 4.90 Å². The highest BCUT2D eigenvalue weighted by molar-refractivity contribution is 7.09. The molecule has 1 aromatic rings. The van der Waals surface area contributed by atoms with Crippen LogP contribution in [-0.4, -0.2) is 35.1 Å². The van der Waals surface area contributed by atoms with E-state index in [0.29, 0.717) is 18.1 Å². The van der Waals surface area contributed by atoms with E-state index in [2.05, 4.69) is 55.2 Å². The molecule has 1 N–H and O–H groups in total. The lowest BCUT2D eigenvalue weighted by molar-refractivity contribution is 0.0817. The van der Waals surface area contributed by atoms with Crippen LogP contribution in [0.15, 0.2) is 5.38 Å². The molecule has 0 spiro atoms. The molecule has 2 rings (SSSR count). The molecule has 0 radical (unpaired) electrons. The maximum absolute atomic E-state index is 4.67. The fourth-order valence-electron chi connectivity index (χ4n) is 2.82. The van der Waals surface area contributed by atoms with Crippen LogP contribution in [0.5, 0.6) is 0 Å². The Hall–Kier alpha value is -0.450. The van der Waals surface area contributed by atoms with Crippen molar-refractivity contribution >= 4 is 11.3 Å². The summed E-state index contributed by atoms with van der Waals surface area (Å²) >= 11 is 1.80. The number of nitrogens with zero attached hydrogens (tertiary/aromatic N) is 2. The lowest BCUT2D eigenvalue weighted by Crippen LogP contribution is -2.57. The van der Waals surface area contributed by atoms with Crippen molar-refractivity contribution in [1.82, 2.24) is 15.2 Å². The molecule has 3 nitrogen and oxygen atoms in total. The summed E-state index contributed by atoms with van der Waals surface area (Å²) in [5.41, 5.74) is 1.15. The molecular weight excluding hydrogens is 254 g/mol. The molecule has 0 saturated carbocycles. The summed E-state index contributed by atoms with van der Waals surface area (Å²) in [6, 6.07) is 1.63. The van der Waals surface area contributed by atoms with E-state index >= 15 is 0 Å². The maximum Gasteiger partial charge on any atom is 0.110 e. The Balaban J connectivity index is 2.08. The van der Waals surface area contributed by atoms with Crippen LogP contribution in [0.1, 0.15) is 50.9 Å². The molecule has 1 fully saturated rings. The van der Waals surface area contributed by atoms with Crippen LogP contribution in [0, 0.1) is 12.8 Å². The summed E-state index contributed by atoms with van der Waals surface area (Å²) < 4.78 is 0. The van der Waals surface area contributed by atoms with Crippen LogP contribution in [0.25, 0.3) is 0 Å². The molecule has 1 aromatic heterocycles. The fraction of sp³-hybridized carbons (Fsp3) is 0.800. The van der Waals surface area contributed by atoms with Gasteiger partial charge in [-0.15, -0.1) is 11.3 Å². The Bertz CT molecular complexity index is 404. The van der Waals surface area contributed by atoms with Gasteiger partial charge >= 0.3 is 0 Å². The minimum absolute atomic E-state index is 0.433. The van der Waals surface area contributed by atoms with Crippen molar-refractivity contribution in [3.8, 4) is 0 Å². The van der Waals surface area contributed by atoms with Crippen molar-refractivity contribution < 1.29 is 0 Å². The molecule has 4 heteroatoms. The molecule has 1 aliphatic heterocycles. The zero-order valence-electron chi connectivity index (χ0n) is 12.8. The maximum atomic E-state index is 4.67. The molecule has 4 unspecified atom stereocenters. The monoisotopic (exact) mass is 281 g/mol. The smallest absolute Gasteiger partial charge is 0.110 e. The van der Waals surface area contributed by atoms with E-state index in [9.17, 15) is 0 Å². The van der Waals surface area contributed by atoms with Crippen molar-refractivity contribution in [2.75, 3.05) is 13.1 Å². The number of nitrogens with one attached hydrogen (secondary N) is 1. The number of hydrogen-bond donors (Lipinski definition) is 1. The summed E-state index contributed by atoms with van der Waals surface area (Å²) in [6.45, 7) is 13.5. The second kappa shape index (κ2) is 6.33. The molecule has 4 atom stereocenters. The van der Waals surface area contributed by atoms with Crippen molar-refractivity contribution in [3.05, 3.63) is 16.1 Å². The molecule has 0 aliphatic carbocycles. The van der Waals surface area contributed by atoms with Gasteiger partial charge < -0.3 is 5.32 Å². The van der Waals surface area contributed by atoms with Crippen LogP contribution < -0.4 is 5.32 Å². The van der Waals surface area contributed by atoms with E-state index in [1.165, 1.54) is 11.4 Å². The van der Waals surface area contributed by atoms with Gasteiger partial charge in [0.05, 0.1) is 6.04 Å². The first kappa shape index (κ1) is 14.9. The topological polar surface area (TPSA) is 28.2 Å². The Morgan fingerprint density at radius 2 is 2.26 bits per heavy atom. The third-order valence-corrected chi connectivity index (χ3v) is 5.60. The molecule has 1 saturated heterocycles. The number of rotatable bonds is 4. The molecule has 1 aliphatic rings. The molecule has 108 valence electrons. The summed E-state index contributed by atoms with van der Waals surface area (Å²) in [4.78, 5) is 7.28. The highest BCUT2D eigenvalue weighted by atomic mass is 32.1. The first-order valence-electron chi connectivity index (χ1n) is 7.44. The van der Waals surface area contributed by atoms with Gasteiger partial charge in [0, 0.05) is 36.2 Å². The van der Waals surface area contributed by atoms with Crippen LogP contribution in [0.3, 0.4) is 0 Å². The Morgan fingerprint density at radius 1 is 1.53 bits per heavy atom. The number of aryl methyl sites for hydroxylation is 1. The second-order valence-electron chi connectivity index (χ2n) is 5.95. The van der Waals surface area contributed by atoms with E-state index in [1.807, 2.05) is 0 Å². The second-order valence-corrected chi connectivity index (χ2v) is 6.84. The van der Waals surface area contributed by atoms with Crippen molar-refractivity contribution in [1.29, 1.82) is 0 Å². The largest absolute Gasteiger partial charge is 0.311 e. The normalized spacial score (nSPS) is 28.3. The van der Waals surface area contributed by atoms with Gasteiger partial charge in [-0.1, -0.05) is 20.3 Å². The van der Waals surface area contributed by atoms with Gasteiger partial charge in [-0.25, -0.2) is 4.98 Å². The van der Waals surface area contributed by atoms with Crippen molar-refractivity contribution in [2.24, 2.45) is 5.92 Å². The zero-order chi connectivity index (χ0) is 14.0. The Labute approximate surface area is 121 Å². The first-order valence-corrected chi connectivity index (χ1v) is 8.32. The van der Waals surface area contributed by atoms with Crippen LogP contribution in [-0.2, 0) is 0 Å². The molecular formula is C15H27N3S. The standard InChI is InChI=1S/C15H27N3S/c1-6-10(2)14-8-18(12(4)7-16-14)13(5)15-17-11(3)9-19-15/h9-10,12-14,16H,6-8H2,1-5H3. The van der Waals surface area contributed by atoms with Gasteiger partial charge in [0.2, 0.25) is 0 Å². The average Bonchev–Trinajstić information content (AvgIpc) is 2.84. The van der Waals surface area contributed by atoms with E-state index in [4.69, 9.17) is 0 Å². The Morgan fingerprint density at radius 3 is 2.84 bits per heavy atom. The number of aromatic nitrogens is 1. The summed E-state index contributed by atoms with van der Waals surface area (Å²) in [7, 11) is 0. The lowest BCUT2D eigenvalue weighted by atomic mass is 9.95.